The summed E-state index contributed by atoms with van der Waals surface area (Å²) in [5.41, 5.74) is 0. The number of hydrogen-bond acceptors (Lipinski definition) is 3. The molecule has 1 aliphatic rings. The molecule has 0 aromatic rings. The maximum absolute atomic E-state index is 4.36. The minimum atomic E-state index is 0. The maximum atomic E-state index is 4.36. The molecule has 3 N–H and O–H groups in total. The molecule has 0 spiro atoms. The molecule has 15 heavy (non-hydrogen) atoms. The van der Waals surface area contributed by atoms with Crippen molar-refractivity contribution in [3.05, 3.63) is 12.7 Å². The maximum Gasteiger partial charge on any atom is 2.00 e. The second-order valence-corrected chi connectivity index (χ2v) is 2.92. The number of hydrogen-bond donors (Lipinski definition) is 3. The molecule has 1 fully saturated rings. The Balaban J connectivity index is -0.000000480. The van der Waals surface area contributed by atoms with Gasteiger partial charge in [-0.15, -0.1) is 25.5 Å². The predicted octanol–water partition coefficient (Wildman–Crippen LogP) is 0.0121. The molecule has 1 aliphatic heterocycles. The summed E-state index contributed by atoms with van der Waals surface area (Å²) in [5.74, 6) is 0. The smallest absolute Gasteiger partial charge is 0.660 e. The molecule has 4 nitrogen and oxygen atoms in total. The van der Waals surface area contributed by atoms with Gasteiger partial charge in [0.25, 0.3) is 0 Å². The number of nitrogens with zero attached hydrogens (tertiary/aromatic N) is 1. The molecular weight excluding hydrogens is 247 g/mol. The van der Waals surface area contributed by atoms with Crippen molar-refractivity contribution in [2.45, 2.75) is 0 Å². The van der Waals surface area contributed by atoms with Gasteiger partial charge < -0.3 is 28.7 Å². The topological polar surface area (TPSA) is 50.2 Å². The van der Waals surface area contributed by atoms with Gasteiger partial charge in [0.05, 0.1) is 0 Å². The van der Waals surface area contributed by atoms with Crippen LogP contribution in [0.5, 0.6) is 0 Å². The van der Waals surface area contributed by atoms with E-state index >= 15 is 0 Å². The fraction of sp³-hybridized carbons (Fsp3) is 0.889. The Labute approximate surface area is 115 Å². The third-order valence-corrected chi connectivity index (χ3v) is 1.85. The number of halogens is 1. The van der Waals surface area contributed by atoms with Gasteiger partial charge in [-0.05, 0) is 13.1 Å². The van der Waals surface area contributed by atoms with E-state index in [0.717, 1.165) is 52.4 Å². The third kappa shape index (κ3) is 14.8. The first-order valence-corrected chi connectivity index (χ1v) is 4.75. The van der Waals surface area contributed by atoms with Gasteiger partial charge >= 0.3 is 21.7 Å². The van der Waals surface area contributed by atoms with E-state index in [9.17, 15) is 0 Å². The van der Waals surface area contributed by atoms with Gasteiger partial charge in [-0.2, -0.15) is 0 Å². The van der Waals surface area contributed by atoms with Gasteiger partial charge in [0.15, 0.2) is 0 Å². The summed E-state index contributed by atoms with van der Waals surface area (Å²) < 4.78 is 0. The first-order chi connectivity index (χ1) is 6.00. The fourth-order valence-corrected chi connectivity index (χ4v) is 1.16. The summed E-state index contributed by atoms with van der Waals surface area (Å²) in [5, 5.41) is 14.4. The van der Waals surface area contributed by atoms with Crippen molar-refractivity contribution in [3.8, 4) is 0 Å². The van der Waals surface area contributed by atoms with E-state index in [2.05, 4.69) is 21.3 Å². The van der Waals surface area contributed by atoms with Crippen LogP contribution in [0.15, 0.2) is 0 Å². The van der Waals surface area contributed by atoms with E-state index in [1.807, 2.05) is 0 Å². The van der Waals surface area contributed by atoms with Crippen LogP contribution >= 0.6 is 12.4 Å². The van der Waals surface area contributed by atoms with Crippen LogP contribution in [0.1, 0.15) is 0 Å². The molecule has 0 radical (unpaired) electrons. The van der Waals surface area contributed by atoms with Crippen molar-refractivity contribution in [2.75, 3.05) is 52.4 Å². The predicted molar refractivity (Wildman–Crippen MR) is 65.4 cm³/mol. The van der Waals surface area contributed by atoms with Crippen molar-refractivity contribution >= 4 is 12.4 Å². The standard InChI is InChI=1S/C8H19N4.CH3.ClH.Ti/c1-2-10-5-6-12-8-7-11-4-3-9-1;;;/h9-11H,1-8H2;1H3;1H;/q2*-1;;+2. The zero-order valence-electron chi connectivity index (χ0n) is 9.51. The summed E-state index contributed by atoms with van der Waals surface area (Å²) in [6.07, 6.45) is 0. The summed E-state index contributed by atoms with van der Waals surface area (Å²) >= 11 is 0. The summed E-state index contributed by atoms with van der Waals surface area (Å²) in [6, 6.07) is 0. The van der Waals surface area contributed by atoms with E-state index in [4.69, 9.17) is 0 Å². The Hall–Kier alpha value is 0.844. The Bertz CT molecular complexity index is 65.1. The summed E-state index contributed by atoms with van der Waals surface area (Å²) in [4.78, 5) is 0. The largest absolute Gasteiger partial charge is 2.00 e. The van der Waals surface area contributed by atoms with Crippen LogP contribution in [0.2, 0.25) is 0 Å². The van der Waals surface area contributed by atoms with Crippen LogP contribution in [0, 0.1) is 7.43 Å². The van der Waals surface area contributed by atoms with E-state index in [0.29, 0.717) is 0 Å². The number of nitrogens with one attached hydrogen (secondary N) is 3. The second-order valence-electron chi connectivity index (χ2n) is 2.92. The molecule has 1 rings (SSSR count). The number of rotatable bonds is 0. The Morgan fingerprint density at radius 2 is 1.00 bits per heavy atom. The normalized spacial score (nSPS) is 19.2. The molecule has 0 amide bonds. The summed E-state index contributed by atoms with van der Waals surface area (Å²) in [6.45, 7) is 8.14. The van der Waals surface area contributed by atoms with Crippen LogP contribution in [0.25, 0.3) is 5.32 Å². The van der Waals surface area contributed by atoms with Crippen molar-refractivity contribution in [2.24, 2.45) is 0 Å². The van der Waals surface area contributed by atoms with Gasteiger partial charge in [-0.25, -0.2) is 0 Å². The SMILES string of the molecule is C1CNCCNCCNCC[N-]1.Cl.[CH3-].[Ti+2]. The van der Waals surface area contributed by atoms with Gasteiger partial charge in [0, 0.05) is 26.2 Å². The molecule has 1 heterocycles. The van der Waals surface area contributed by atoms with Crippen molar-refractivity contribution in [3.63, 3.8) is 0 Å². The molecule has 1 saturated heterocycles. The Morgan fingerprint density at radius 1 is 0.667 bits per heavy atom. The van der Waals surface area contributed by atoms with E-state index in [-0.39, 0.29) is 41.6 Å². The van der Waals surface area contributed by atoms with Crippen LogP contribution < -0.4 is 16.0 Å². The molecule has 6 heteroatoms. The van der Waals surface area contributed by atoms with E-state index in [1.54, 1.807) is 0 Å². The zero-order chi connectivity index (χ0) is 8.49. The molecule has 0 aromatic carbocycles. The minimum absolute atomic E-state index is 0. The quantitative estimate of drug-likeness (QED) is 0.429. The molecule has 0 bridgehead atoms. The molecule has 0 saturated carbocycles. The zero-order valence-corrected chi connectivity index (χ0v) is 11.9. The molecule has 0 unspecified atom stereocenters. The Morgan fingerprint density at radius 3 is 1.40 bits per heavy atom. The third-order valence-electron chi connectivity index (χ3n) is 1.85. The molecular formula is C9H23ClN4Ti. The summed E-state index contributed by atoms with van der Waals surface area (Å²) in [7, 11) is 0. The van der Waals surface area contributed by atoms with Gasteiger partial charge in [-0.3, -0.25) is 0 Å². The average molecular weight is 271 g/mol. The average Bonchev–Trinajstić information content (AvgIpc) is 2.05. The van der Waals surface area contributed by atoms with Crippen molar-refractivity contribution < 1.29 is 21.7 Å². The van der Waals surface area contributed by atoms with E-state index < -0.39 is 0 Å². The fourth-order valence-electron chi connectivity index (χ4n) is 1.16. The molecule has 0 aliphatic carbocycles. The van der Waals surface area contributed by atoms with Crippen LogP contribution in [0.4, 0.5) is 0 Å². The monoisotopic (exact) mass is 270 g/mol. The molecule has 0 aromatic heterocycles. The molecule has 0 atom stereocenters. The van der Waals surface area contributed by atoms with Crippen LogP contribution in [0.3, 0.4) is 0 Å². The van der Waals surface area contributed by atoms with E-state index in [1.165, 1.54) is 0 Å². The molecule has 90 valence electrons. The van der Waals surface area contributed by atoms with Gasteiger partial charge in [0.2, 0.25) is 0 Å². The van der Waals surface area contributed by atoms with Crippen LogP contribution in [-0.2, 0) is 21.7 Å². The first-order valence-electron chi connectivity index (χ1n) is 4.75. The first kappa shape index (κ1) is 21.2. The van der Waals surface area contributed by atoms with Crippen LogP contribution in [-0.4, -0.2) is 52.4 Å². The van der Waals surface area contributed by atoms with Gasteiger partial charge in [-0.1, -0.05) is 0 Å². The second kappa shape index (κ2) is 17.2. The van der Waals surface area contributed by atoms with Crippen molar-refractivity contribution in [1.29, 1.82) is 0 Å². The Kier molecular flexibility index (Phi) is 24.3. The van der Waals surface area contributed by atoms with Crippen molar-refractivity contribution in [1.82, 2.24) is 16.0 Å². The minimum Gasteiger partial charge on any atom is -0.660 e. The van der Waals surface area contributed by atoms with Gasteiger partial charge in [0.1, 0.15) is 0 Å².